The normalized spacial score (nSPS) is 21.9. The molecule has 22 heavy (non-hydrogen) atoms. The zero-order valence-electron chi connectivity index (χ0n) is 12.6. The van der Waals surface area contributed by atoms with E-state index in [4.69, 9.17) is 0 Å². The molecule has 1 fully saturated rings. The van der Waals surface area contributed by atoms with E-state index >= 15 is 0 Å². The van der Waals surface area contributed by atoms with Crippen molar-refractivity contribution in [1.82, 2.24) is 5.01 Å². The lowest BCUT2D eigenvalue weighted by molar-refractivity contribution is -0.121. The van der Waals surface area contributed by atoms with Crippen molar-refractivity contribution in [1.29, 1.82) is 0 Å². The van der Waals surface area contributed by atoms with Gasteiger partial charge in [-0.3, -0.25) is 4.79 Å². The largest absolute Gasteiger partial charge is 0.272 e. The summed E-state index contributed by atoms with van der Waals surface area (Å²) in [5, 5.41) is 4.17. The van der Waals surface area contributed by atoms with Gasteiger partial charge in [0.15, 0.2) is 0 Å². The average molecular weight is 292 g/mol. The van der Waals surface area contributed by atoms with Gasteiger partial charge in [0.25, 0.3) is 5.91 Å². The molecule has 0 saturated carbocycles. The van der Waals surface area contributed by atoms with Gasteiger partial charge in [-0.2, -0.15) is 0 Å². The minimum atomic E-state index is -0.167. The van der Waals surface area contributed by atoms with Crippen LogP contribution in [0.1, 0.15) is 36.3 Å². The second kappa shape index (κ2) is 5.58. The zero-order valence-corrected chi connectivity index (χ0v) is 12.6. The molecule has 2 aliphatic heterocycles. The van der Waals surface area contributed by atoms with Crippen molar-refractivity contribution in [2.75, 3.05) is 18.1 Å². The first-order valence-corrected chi connectivity index (χ1v) is 8.09. The Morgan fingerprint density at radius 1 is 0.818 bits per heavy atom. The lowest BCUT2D eigenvalue weighted by Crippen LogP contribution is -2.48. The van der Waals surface area contributed by atoms with Gasteiger partial charge in [0.05, 0.1) is 11.6 Å². The molecule has 1 amide bonds. The summed E-state index contributed by atoms with van der Waals surface area (Å²) in [4.78, 5) is 13.1. The SMILES string of the molecule is O=C1[C@H](c2ccccc2)c2ccccc2N1N1CCCCC1. The van der Waals surface area contributed by atoms with E-state index in [9.17, 15) is 4.79 Å². The Morgan fingerprint density at radius 3 is 2.27 bits per heavy atom. The molecule has 2 aromatic carbocycles. The second-order valence-electron chi connectivity index (χ2n) is 6.07. The van der Waals surface area contributed by atoms with Gasteiger partial charge in [-0.05, 0) is 30.0 Å². The predicted octanol–water partition coefficient (Wildman–Crippen LogP) is 3.57. The third kappa shape index (κ3) is 2.13. The van der Waals surface area contributed by atoms with E-state index in [1.54, 1.807) is 0 Å². The van der Waals surface area contributed by atoms with E-state index in [0.717, 1.165) is 29.9 Å². The molecule has 0 bridgehead atoms. The lowest BCUT2D eigenvalue weighted by atomic mass is 9.93. The summed E-state index contributed by atoms with van der Waals surface area (Å²) in [6.07, 6.45) is 3.60. The lowest BCUT2D eigenvalue weighted by Gasteiger charge is -2.35. The molecular formula is C19H20N2O. The van der Waals surface area contributed by atoms with Gasteiger partial charge in [0, 0.05) is 13.1 Å². The highest BCUT2D eigenvalue weighted by Crippen LogP contribution is 2.42. The van der Waals surface area contributed by atoms with Crippen LogP contribution in [0.5, 0.6) is 0 Å². The first kappa shape index (κ1) is 13.5. The number of carbonyl (C=O) groups excluding carboxylic acids is 1. The molecule has 1 saturated heterocycles. The molecule has 0 spiro atoms. The Balaban J connectivity index is 1.78. The monoisotopic (exact) mass is 292 g/mol. The number of anilines is 1. The Morgan fingerprint density at radius 2 is 1.50 bits per heavy atom. The Kier molecular flexibility index (Phi) is 3.43. The maximum Gasteiger partial charge on any atom is 0.253 e. The summed E-state index contributed by atoms with van der Waals surface area (Å²) in [5.74, 6) is 0.0219. The van der Waals surface area contributed by atoms with Crippen LogP contribution in [0.4, 0.5) is 5.69 Å². The molecule has 0 radical (unpaired) electrons. The highest BCUT2D eigenvalue weighted by molar-refractivity contribution is 6.06. The number of hydrogen-bond donors (Lipinski definition) is 0. The fourth-order valence-electron chi connectivity index (χ4n) is 3.64. The summed E-state index contributed by atoms with van der Waals surface area (Å²) in [5.41, 5.74) is 3.27. The van der Waals surface area contributed by atoms with E-state index in [0.29, 0.717) is 0 Å². The summed E-state index contributed by atoms with van der Waals surface area (Å²) in [7, 11) is 0. The highest BCUT2D eigenvalue weighted by atomic mass is 16.2. The number of benzene rings is 2. The zero-order chi connectivity index (χ0) is 14.9. The van der Waals surface area contributed by atoms with E-state index in [2.05, 4.69) is 29.3 Å². The fourth-order valence-corrected chi connectivity index (χ4v) is 3.64. The topological polar surface area (TPSA) is 23.6 Å². The number of piperidine rings is 1. The van der Waals surface area contributed by atoms with Crippen molar-refractivity contribution in [3.8, 4) is 0 Å². The van der Waals surface area contributed by atoms with Crippen LogP contribution in [0, 0.1) is 0 Å². The quantitative estimate of drug-likeness (QED) is 0.845. The van der Waals surface area contributed by atoms with E-state index in [-0.39, 0.29) is 11.8 Å². The summed E-state index contributed by atoms with van der Waals surface area (Å²) in [6, 6.07) is 18.3. The van der Waals surface area contributed by atoms with E-state index < -0.39 is 0 Å². The summed E-state index contributed by atoms with van der Waals surface area (Å²) >= 11 is 0. The maximum atomic E-state index is 13.1. The molecule has 0 N–H and O–H groups in total. The van der Waals surface area contributed by atoms with E-state index in [1.807, 2.05) is 35.3 Å². The Hall–Kier alpha value is -2.13. The molecule has 1 atom stereocenters. The van der Waals surface area contributed by atoms with Gasteiger partial charge in [-0.15, -0.1) is 0 Å². The van der Waals surface area contributed by atoms with Crippen molar-refractivity contribution in [2.45, 2.75) is 25.2 Å². The van der Waals surface area contributed by atoms with Crippen LogP contribution in [-0.4, -0.2) is 24.0 Å². The van der Waals surface area contributed by atoms with Crippen molar-refractivity contribution in [2.24, 2.45) is 0 Å². The summed E-state index contributed by atoms with van der Waals surface area (Å²) in [6.45, 7) is 1.95. The molecule has 0 aliphatic carbocycles. The first-order valence-electron chi connectivity index (χ1n) is 8.09. The van der Waals surface area contributed by atoms with Crippen LogP contribution < -0.4 is 5.01 Å². The molecule has 0 unspecified atom stereocenters. The third-order valence-corrected chi connectivity index (χ3v) is 4.68. The number of nitrogens with zero attached hydrogens (tertiary/aromatic N) is 2. The minimum Gasteiger partial charge on any atom is -0.272 e. The van der Waals surface area contributed by atoms with Gasteiger partial charge >= 0.3 is 0 Å². The van der Waals surface area contributed by atoms with E-state index in [1.165, 1.54) is 19.3 Å². The first-order chi connectivity index (χ1) is 10.9. The molecule has 3 heteroatoms. The maximum absolute atomic E-state index is 13.1. The molecule has 2 aromatic rings. The third-order valence-electron chi connectivity index (χ3n) is 4.68. The van der Waals surface area contributed by atoms with Crippen LogP contribution in [0.15, 0.2) is 54.6 Å². The van der Waals surface area contributed by atoms with Gasteiger partial charge in [-0.1, -0.05) is 55.0 Å². The van der Waals surface area contributed by atoms with Gasteiger partial charge in [0.1, 0.15) is 0 Å². The van der Waals surface area contributed by atoms with Gasteiger partial charge < -0.3 is 0 Å². The van der Waals surface area contributed by atoms with Crippen LogP contribution in [-0.2, 0) is 4.79 Å². The van der Waals surface area contributed by atoms with Crippen molar-refractivity contribution >= 4 is 11.6 Å². The Labute approximate surface area is 131 Å². The molecular weight excluding hydrogens is 272 g/mol. The molecule has 3 nitrogen and oxygen atoms in total. The van der Waals surface area contributed by atoms with Gasteiger partial charge in [0.2, 0.25) is 0 Å². The summed E-state index contributed by atoms with van der Waals surface area (Å²) < 4.78 is 0. The molecule has 4 rings (SSSR count). The van der Waals surface area contributed by atoms with Crippen LogP contribution in [0.3, 0.4) is 0 Å². The van der Waals surface area contributed by atoms with Gasteiger partial charge in [-0.25, -0.2) is 10.0 Å². The molecule has 2 heterocycles. The Bertz CT molecular complexity index is 677. The number of rotatable bonds is 2. The van der Waals surface area contributed by atoms with Crippen molar-refractivity contribution in [3.63, 3.8) is 0 Å². The minimum absolute atomic E-state index is 0.167. The number of hydrogen-bond acceptors (Lipinski definition) is 2. The second-order valence-corrected chi connectivity index (χ2v) is 6.07. The number of fused-ring (bicyclic) bond motifs is 1. The number of hydrazine groups is 1. The molecule has 0 aromatic heterocycles. The van der Waals surface area contributed by atoms with Crippen LogP contribution in [0.25, 0.3) is 0 Å². The number of para-hydroxylation sites is 1. The molecule has 112 valence electrons. The molecule has 2 aliphatic rings. The van der Waals surface area contributed by atoms with Crippen molar-refractivity contribution < 1.29 is 4.79 Å². The predicted molar refractivity (Wildman–Crippen MR) is 87.6 cm³/mol. The highest BCUT2D eigenvalue weighted by Gasteiger charge is 2.40. The fraction of sp³-hybridized carbons (Fsp3) is 0.316. The standard InChI is InChI=1S/C19H20N2O/c22-19-18(15-9-3-1-4-10-15)16-11-5-6-12-17(16)21(19)20-13-7-2-8-14-20/h1,3-6,9-12,18H,2,7-8,13-14H2/t18-/m1/s1. The number of carbonyl (C=O) groups is 1. The number of amides is 1. The smallest absolute Gasteiger partial charge is 0.253 e. The van der Waals surface area contributed by atoms with Crippen LogP contribution >= 0.6 is 0 Å². The van der Waals surface area contributed by atoms with Crippen LogP contribution in [0.2, 0.25) is 0 Å². The average Bonchev–Trinajstić information content (AvgIpc) is 2.88. The van der Waals surface area contributed by atoms with Crippen molar-refractivity contribution in [3.05, 3.63) is 65.7 Å².